The van der Waals surface area contributed by atoms with Gasteiger partial charge in [-0.05, 0) is 45.0 Å². The van der Waals surface area contributed by atoms with Crippen molar-refractivity contribution in [2.75, 3.05) is 0 Å². The minimum absolute atomic E-state index is 0.0123. The first-order valence-corrected chi connectivity index (χ1v) is 6.51. The van der Waals surface area contributed by atoms with Gasteiger partial charge in [-0.1, -0.05) is 16.9 Å². The molecule has 2 aromatic rings. The van der Waals surface area contributed by atoms with Gasteiger partial charge in [-0.2, -0.15) is 4.98 Å². The molecule has 0 amide bonds. The predicted octanol–water partition coefficient (Wildman–Crippen LogP) is 1.97. The van der Waals surface area contributed by atoms with Crippen molar-refractivity contribution in [1.29, 1.82) is 0 Å². The van der Waals surface area contributed by atoms with Gasteiger partial charge in [0.15, 0.2) is 5.82 Å². The van der Waals surface area contributed by atoms with E-state index in [4.69, 9.17) is 4.52 Å². The van der Waals surface area contributed by atoms with Crippen LogP contribution in [-0.2, 0) is 5.54 Å². The normalized spacial score (nSPS) is 13.8. The SMILES string of the molecule is Cc1noc(C(C)Sc2nnnn2C(C)(C)C)n1. The Kier molecular flexibility index (Phi) is 3.38. The van der Waals surface area contributed by atoms with Gasteiger partial charge in [-0.25, -0.2) is 4.68 Å². The van der Waals surface area contributed by atoms with E-state index in [1.54, 1.807) is 11.6 Å². The average Bonchev–Trinajstić information content (AvgIpc) is 2.85. The van der Waals surface area contributed by atoms with E-state index >= 15 is 0 Å². The van der Waals surface area contributed by atoms with E-state index in [0.717, 1.165) is 5.16 Å². The zero-order valence-corrected chi connectivity index (χ0v) is 11.9. The first kappa shape index (κ1) is 13.0. The second-order valence-corrected chi connectivity index (χ2v) is 6.29. The first-order chi connectivity index (χ1) is 8.38. The van der Waals surface area contributed by atoms with Crippen LogP contribution in [0.2, 0.25) is 0 Å². The van der Waals surface area contributed by atoms with E-state index in [0.29, 0.717) is 11.7 Å². The van der Waals surface area contributed by atoms with Crippen molar-refractivity contribution in [3.63, 3.8) is 0 Å². The summed E-state index contributed by atoms with van der Waals surface area (Å²) in [6.45, 7) is 9.93. The molecule has 2 aromatic heterocycles. The second-order valence-electron chi connectivity index (χ2n) is 4.98. The van der Waals surface area contributed by atoms with Crippen LogP contribution in [0.25, 0.3) is 0 Å². The third-order valence-corrected chi connectivity index (χ3v) is 3.27. The van der Waals surface area contributed by atoms with Crippen LogP contribution < -0.4 is 0 Å². The number of rotatable bonds is 3. The Morgan fingerprint density at radius 2 is 2.06 bits per heavy atom. The summed E-state index contributed by atoms with van der Waals surface area (Å²) in [5.41, 5.74) is -0.156. The Bertz CT molecular complexity index is 528. The lowest BCUT2D eigenvalue weighted by Gasteiger charge is -2.19. The molecule has 98 valence electrons. The maximum absolute atomic E-state index is 5.14. The fraction of sp³-hybridized carbons (Fsp3) is 0.700. The van der Waals surface area contributed by atoms with E-state index in [9.17, 15) is 0 Å². The molecule has 0 aliphatic carbocycles. The molecule has 0 radical (unpaired) electrons. The third-order valence-electron chi connectivity index (χ3n) is 2.25. The highest BCUT2D eigenvalue weighted by Crippen LogP contribution is 2.33. The molecule has 7 nitrogen and oxygen atoms in total. The lowest BCUT2D eigenvalue weighted by molar-refractivity contribution is 0.320. The summed E-state index contributed by atoms with van der Waals surface area (Å²) in [7, 11) is 0. The molecule has 0 fully saturated rings. The van der Waals surface area contributed by atoms with E-state index in [1.807, 2.05) is 6.92 Å². The van der Waals surface area contributed by atoms with E-state index < -0.39 is 0 Å². The maximum Gasteiger partial charge on any atom is 0.239 e. The summed E-state index contributed by atoms with van der Waals surface area (Å²) in [5, 5.41) is 16.3. The van der Waals surface area contributed by atoms with Crippen LogP contribution in [0.5, 0.6) is 0 Å². The number of aryl methyl sites for hydroxylation is 1. The Labute approximate surface area is 109 Å². The van der Waals surface area contributed by atoms with Crippen molar-refractivity contribution >= 4 is 11.8 Å². The Balaban J connectivity index is 2.17. The molecule has 0 bridgehead atoms. The lowest BCUT2D eigenvalue weighted by atomic mass is 10.1. The van der Waals surface area contributed by atoms with Gasteiger partial charge in [-0.15, -0.1) is 5.10 Å². The van der Waals surface area contributed by atoms with Crippen LogP contribution in [0, 0.1) is 6.92 Å². The van der Waals surface area contributed by atoms with Crippen LogP contribution in [0.1, 0.15) is 44.7 Å². The van der Waals surface area contributed by atoms with Gasteiger partial charge in [-0.3, -0.25) is 0 Å². The standard InChI is InChI=1S/C10H16N6OS/c1-6(8-11-7(2)13-17-8)18-9-12-14-15-16(9)10(3,4)5/h6H,1-5H3. The molecule has 2 heterocycles. The molecule has 0 saturated heterocycles. The van der Waals surface area contributed by atoms with E-state index in [1.165, 1.54) is 11.8 Å². The molecule has 0 aromatic carbocycles. The Hall–Kier alpha value is -1.44. The van der Waals surface area contributed by atoms with Gasteiger partial charge in [0, 0.05) is 0 Å². The summed E-state index contributed by atoms with van der Waals surface area (Å²) in [6, 6.07) is 0. The number of hydrogen-bond acceptors (Lipinski definition) is 7. The lowest BCUT2D eigenvalue weighted by Crippen LogP contribution is -2.24. The highest BCUT2D eigenvalue weighted by atomic mass is 32.2. The zero-order chi connectivity index (χ0) is 13.3. The molecule has 0 aliphatic rings. The zero-order valence-electron chi connectivity index (χ0n) is 11.1. The topological polar surface area (TPSA) is 82.5 Å². The number of aromatic nitrogens is 6. The summed E-state index contributed by atoms with van der Waals surface area (Å²) in [6.07, 6.45) is 0. The van der Waals surface area contributed by atoms with Crippen molar-refractivity contribution in [2.45, 2.75) is 50.6 Å². The minimum Gasteiger partial charge on any atom is -0.338 e. The van der Waals surface area contributed by atoms with Gasteiger partial charge in [0.2, 0.25) is 11.0 Å². The highest BCUT2D eigenvalue weighted by molar-refractivity contribution is 7.99. The molecule has 0 N–H and O–H groups in total. The molecule has 2 rings (SSSR count). The molecule has 1 atom stereocenters. The molecule has 8 heteroatoms. The highest BCUT2D eigenvalue weighted by Gasteiger charge is 2.23. The van der Waals surface area contributed by atoms with Crippen molar-refractivity contribution in [3.8, 4) is 0 Å². The van der Waals surface area contributed by atoms with E-state index in [2.05, 4.69) is 46.4 Å². The van der Waals surface area contributed by atoms with Gasteiger partial charge in [0.25, 0.3) is 0 Å². The largest absolute Gasteiger partial charge is 0.338 e. The number of hydrogen-bond donors (Lipinski definition) is 0. The monoisotopic (exact) mass is 268 g/mol. The van der Waals surface area contributed by atoms with Gasteiger partial charge < -0.3 is 4.52 Å². The molecule has 0 spiro atoms. The van der Waals surface area contributed by atoms with Crippen LogP contribution >= 0.6 is 11.8 Å². The van der Waals surface area contributed by atoms with Gasteiger partial charge in [0.05, 0.1) is 10.8 Å². The van der Waals surface area contributed by atoms with Crippen LogP contribution in [0.3, 0.4) is 0 Å². The summed E-state index contributed by atoms with van der Waals surface area (Å²) < 4.78 is 6.93. The molecule has 0 aliphatic heterocycles. The fourth-order valence-electron chi connectivity index (χ4n) is 1.36. The van der Waals surface area contributed by atoms with Gasteiger partial charge in [0.1, 0.15) is 0 Å². The third kappa shape index (κ3) is 2.69. The van der Waals surface area contributed by atoms with Crippen molar-refractivity contribution in [1.82, 2.24) is 30.3 Å². The van der Waals surface area contributed by atoms with Crippen LogP contribution in [0.4, 0.5) is 0 Å². The summed E-state index contributed by atoms with van der Waals surface area (Å²) >= 11 is 1.50. The quantitative estimate of drug-likeness (QED) is 0.787. The van der Waals surface area contributed by atoms with Crippen LogP contribution in [-0.4, -0.2) is 30.3 Å². The van der Waals surface area contributed by atoms with E-state index in [-0.39, 0.29) is 10.8 Å². The van der Waals surface area contributed by atoms with Crippen molar-refractivity contribution < 1.29 is 4.52 Å². The van der Waals surface area contributed by atoms with Crippen LogP contribution in [0.15, 0.2) is 9.68 Å². The van der Waals surface area contributed by atoms with Crippen molar-refractivity contribution in [3.05, 3.63) is 11.7 Å². The smallest absolute Gasteiger partial charge is 0.239 e. The Morgan fingerprint density at radius 3 is 2.61 bits per heavy atom. The maximum atomic E-state index is 5.14. The molecular weight excluding hydrogens is 252 g/mol. The van der Waals surface area contributed by atoms with Gasteiger partial charge >= 0.3 is 0 Å². The Morgan fingerprint density at radius 1 is 1.33 bits per heavy atom. The average molecular weight is 268 g/mol. The first-order valence-electron chi connectivity index (χ1n) is 5.63. The number of tetrazole rings is 1. The molecule has 0 saturated carbocycles. The predicted molar refractivity (Wildman–Crippen MR) is 66.1 cm³/mol. The summed E-state index contributed by atoms with van der Waals surface area (Å²) in [4.78, 5) is 4.21. The number of nitrogens with zero attached hydrogens (tertiary/aromatic N) is 6. The summed E-state index contributed by atoms with van der Waals surface area (Å²) in [5.74, 6) is 1.22. The van der Waals surface area contributed by atoms with Crippen molar-refractivity contribution in [2.24, 2.45) is 0 Å². The minimum atomic E-state index is -0.156. The molecule has 18 heavy (non-hydrogen) atoms. The number of thioether (sulfide) groups is 1. The second kappa shape index (κ2) is 4.68. The molecular formula is C10H16N6OS. The molecule has 1 unspecified atom stereocenters. The fourth-order valence-corrected chi connectivity index (χ4v) is 2.37.